The highest BCUT2D eigenvalue weighted by atomic mass is 19.1. The maximum atomic E-state index is 16.7. The van der Waals surface area contributed by atoms with Gasteiger partial charge in [0.05, 0.1) is 18.0 Å². The molecule has 4 amide bonds. The van der Waals surface area contributed by atoms with Gasteiger partial charge in [0, 0.05) is 99.9 Å². The minimum absolute atomic E-state index is 0.0636. The summed E-state index contributed by atoms with van der Waals surface area (Å²) in [5, 5.41) is 6.49. The number of rotatable bonds is 8. The fourth-order valence-corrected chi connectivity index (χ4v) is 12.4. The number of fused-ring (bicyclic) bond motifs is 6. The molecule has 9 heterocycles. The molecule has 0 aliphatic carbocycles. The summed E-state index contributed by atoms with van der Waals surface area (Å²) in [6.45, 7) is 9.33. The number of piperazine rings is 2. The van der Waals surface area contributed by atoms with Crippen molar-refractivity contribution < 1.29 is 33.0 Å². The van der Waals surface area contributed by atoms with E-state index >= 15 is 4.39 Å². The molecule has 6 saturated heterocycles. The minimum atomic E-state index is -0.610. The largest absolute Gasteiger partial charge is 0.461 e. The summed E-state index contributed by atoms with van der Waals surface area (Å²) in [6, 6.07) is 18.4. The van der Waals surface area contributed by atoms with Crippen LogP contribution >= 0.6 is 0 Å². The second-order valence-corrected chi connectivity index (χ2v) is 20.0. The molecule has 5 aromatic rings. The number of piperidine rings is 1. The van der Waals surface area contributed by atoms with Crippen molar-refractivity contribution in [2.45, 2.75) is 94.9 Å². The lowest BCUT2D eigenvalue weighted by molar-refractivity contribution is -0.150. The number of carbonyl (C=O) groups is 4. The summed E-state index contributed by atoms with van der Waals surface area (Å²) in [5.41, 5.74) is 5.12. The molecule has 6 fully saturated rings. The first-order valence-electron chi connectivity index (χ1n) is 25.1. The summed E-state index contributed by atoms with van der Waals surface area (Å²) in [4.78, 5) is 74.9. The monoisotopic (exact) mass is 952 g/mol. The number of aromatic nitrogens is 3. The summed E-state index contributed by atoms with van der Waals surface area (Å²) in [5.74, 6) is -0.374. The number of amides is 4. The van der Waals surface area contributed by atoms with Crippen molar-refractivity contribution in [2.75, 3.05) is 82.9 Å². The molecule has 0 radical (unpaired) electrons. The van der Waals surface area contributed by atoms with Gasteiger partial charge in [-0.1, -0.05) is 49.4 Å². The summed E-state index contributed by atoms with van der Waals surface area (Å²) in [6.07, 6.45) is 9.90. The Kier molecular flexibility index (Phi) is 12.3. The lowest BCUT2D eigenvalue weighted by Crippen LogP contribution is -2.53. The van der Waals surface area contributed by atoms with E-state index in [1.165, 1.54) is 32.6 Å². The van der Waals surface area contributed by atoms with Crippen LogP contribution < -0.4 is 19.9 Å². The van der Waals surface area contributed by atoms with E-state index in [1.807, 2.05) is 24.3 Å². The molecule has 70 heavy (non-hydrogen) atoms. The number of imide groups is 1. The Bertz CT molecular complexity index is 2860. The van der Waals surface area contributed by atoms with Crippen LogP contribution in [0.3, 0.4) is 0 Å². The van der Waals surface area contributed by atoms with Gasteiger partial charge in [-0.15, -0.1) is 0 Å². The summed E-state index contributed by atoms with van der Waals surface area (Å²) in [7, 11) is 2.84. The van der Waals surface area contributed by atoms with E-state index in [2.05, 4.69) is 51.2 Å². The Labute approximate surface area is 407 Å². The smallest absolute Gasteiger partial charge is 0.409 e. The fourth-order valence-electron chi connectivity index (χ4n) is 12.4. The van der Waals surface area contributed by atoms with Crippen LogP contribution in [0.1, 0.15) is 79.8 Å². The quantitative estimate of drug-likeness (QED) is 0.176. The summed E-state index contributed by atoms with van der Waals surface area (Å²) >= 11 is 0. The molecule has 3 aromatic carbocycles. The van der Waals surface area contributed by atoms with Gasteiger partial charge in [0.1, 0.15) is 29.7 Å². The number of methoxy groups -OCH3 is 1. The SMILES string of the molecule is CCc1cccc2cccc(-c3ncc4c(N5CC6CCC(C5)N6)nc(OCC56CCCN5CCC6)nc4c3F)c12.COC(=O)N1CCN(c2cccc3c2CN(C2CCC(=O)N(C)C2=O)C3=O)CC1. The zero-order valence-electron chi connectivity index (χ0n) is 40.3. The van der Waals surface area contributed by atoms with Gasteiger partial charge in [0.15, 0.2) is 5.82 Å². The third-order valence-corrected chi connectivity index (χ3v) is 16.1. The molecule has 1 N–H and O–H groups in total. The standard InChI is InChI=1S/C33H37FN6O.C20H24N4O5/c1-2-21-7-3-8-22-9-4-10-25(27(21)22)29-28(34)30-26(17-35-29)31(39-18-23-11-12-24(19-39)36-23)38-32(37-30)41-20-33-13-5-15-40(33)16-6-14-33;1-21-17(25)7-6-16(19(21)27)24-12-14-13(18(24)26)4-3-5-15(14)22-8-10-23(11-9-22)20(28)29-2/h3-4,7-10,17,23-24,36H,2,5-6,11-16,18-20H2,1H3;3-5,16H,6-12H2,1-2H3. The van der Waals surface area contributed by atoms with Crippen LogP contribution in [0.15, 0.2) is 60.8 Å². The number of nitrogens with zero attached hydrogens (tertiary/aromatic N) is 9. The van der Waals surface area contributed by atoms with Gasteiger partial charge >= 0.3 is 12.1 Å². The first-order chi connectivity index (χ1) is 34.0. The van der Waals surface area contributed by atoms with E-state index in [-0.39, 0.29) is 41.8 Å². The Hall–Kier alpha value is -6.46. The number of anilines is 2. The normalized spacial score (nSPS) is 23.0. The number of hydrogen-bond acceptors (Lipinski definition) is 13. The van der Waals surface area contributed by atoms with Crippen molar-refractivity contribution in [1.82, 2.24) is 39.9 Å². The van der Waals surface area contributed by atoms with Gasteiger partial charge in [-0.05, 0) is 92.9 Å². The maximum Gasteiger partial charge on any atom is 0.409 e. The highest BCUT2D eigenvalue weighted by Crippen LogP contribution is 2.41. The Morgan fingerprint density at radius 3 is 2.31 bits per heavy atom. The molecule has 2 aromatic heterocycles. The number of pyridine rings is 1. The second kappa shape index (κ2) is 18.7. The van der Waals surface area contributed by atoms with Gasteiger partial charge in [-0.2, -0.15) is 9.97 Å². The van der Waals surface area contributed by atoms with E-state index in [1.54, 1.807) is 22.1 Å². The van der Waals surface area contributed by atoms with E-state index in [0.717, 1.165) is 96.6 Å². The van der Waals surface area contributed by atoms with Crippen LogP contribution in [0, 0.1) is 5.82 Å². The van der Waals surface area contributed by atoms with Crippen LogP contribution in [0.25, 0.3) is 32.9 Å². The predicted molar refractivity (Wildman–Crippen MR) is 263 cm³/mol. The molecule has 3 unspecified atom stereocenters. The summed E-state index contributed by atoms with van der Waals surface area (Å²) < 4.78 is 27.9. The zero-order valence-corrected chi connectivity index (χ0v) is 40.3. The average molecular weight is 953 g/mol. The van der Waals surface area contributed by atoms with Crippen molar-refractivity contribution in [1.29, 1.82) is 0 Å². The predicted octanol–water partition coefficient (Wildman–Crippen LogP) is 6.17. The van der Waals surface area contributed by atoms with Gasteiger partial charge in [0.25, 0.3) is 11.8 Å². The van der Waals surface area contributed by atoms with Crippen molar-refractivity contribution in [3.05, 3.63) is 83.3 Å². The van der Waals surface area contributed by atoms with Crippen LogP contribution in [-0.4, -0.2) is 155 Å². The van der Waals surface area contributed by atoms with E-state index in [4.69, 9.17) is 24.4 Å². The molecular formula is C53H61FN10O6. The molecule has 16 nitrogen and oxygen atoms in total. The Balaban J connectivity index is 0.000000162. The second-order valence-electron chi connectivity index (χ2n) is 20.0. The van der Waals surface area contributed by atoms with Gasteiger partial charge in [-0.25, -0.2) is 9.18 Å². The Morgan fingerprint density at radius 2 is 1.59 bits per heavy atom. The first kappa shape index (κ1) is 46.0. The number of nitrogens with one attached hydrogen (secondary N) is 1. The molecule has 0 saturated carbocycles. The third-order valence-electron chi connectivity index (χ3n) is 16.1. The molecule has 7 aliphatic rings. The van der Waals surface area contributed by atoms with Crippen molar-refractivity contribution in [3.8, 4) is 17.3 Å². The number of hydrogen-bond donors (Lipinski definition) is 1. The zero-order chi connectivity index (χ0) is 48.3. The number of likely N-dealkylation sites (N-methyl/N-ethyl adjacent to an activating group) is 1. The van der Waals surface area contributed by atoms with Crippen LogP contribution in [-0.2, 0) is 27.3 Å². The van der Waals surface area contributed by atoms with Gasteiger partial charge in [-0.3, -0.25) is 29.2 Å². The molecule has 2 bridgehead atoms. The molecular weight excluding hydrogens is 892 g/mol. The molecule has 17 heteroatoms. The highest BCUT2D eigenvalue weighted by Gasteiger charge is 2.46. The molecule has 7 aliphatic heterocycles. The number of likely N-dealkylation sites (tertiary alicyclic amines) is 1. The number of carbonyl (C=O) groups excluding carboxylic acids is 4. The molecule has 3 atom stereocenters. The number of ether oxygens (including phenoxy) is 2. The fraction of sp³-hybridized carbons (Fsp3) is 0.491. The van der Waals surface area contributed by atoms with Crippen LogP contribution in [0.4, 0.5) is 20.7 Å². The van der Waals surface area contributed by atoms with E-state index < -0.39 is 11.9 Å². The highest BCUT2D eigenvalue weighted by molar-refractivity contribution is 6.06. The van der Waals surface area contributed by atoms with Crippen molar-refractivity contribution >= 4 is 57.0 Å². The van der Waals surface area contributed by atoms with Crippen LogP contribution in [0.2, 0.25) is 0 Å². The van der Waals surface area contributed by atoms with Gasteiger partial charge in [0.2, 0.25) is 5.91 Å². The lowest BCUT2D eigenvalue weighted by Gasteiger charge is -2.36. The minimum Gasteiger partial charge on any atom is -0.461 e. The Morgan fingerprint density at radius 1 is 0.871 bits per heavy atom. The average Bonchev–Trinajstić information content (AvgIpc) is 4.16. The third kappa shape index (κ3) is 8.13. The maximum absolute atomic E-state index is 16.7. The molecule has 0 spiro atoms. The van der Waals surface area contributed by atoms with Gasteiger partial charge < -0.3 is 34.4 Å². The van der Waals surface area contributed by atoms with Crippen LogP contribution in [0.5, 0.6) is 6.01 Å². The number of halogens is 1. The van der Waals surface area contributed by atoms with E-state index in [0.29, 0.717) is 80.0 Å². The number of benzene rings is 3. The lowest BCUT2D eigenvalue weighted by atomic mass is 9.95. The van der Waals surface area contributed by atoms with E-state index in [9.17, 15) is 19.2 Å². The topological polar surface area (TPSA) is 157 Å². The van der Waals surface area contributed by atoms with Crippen molar-refractivity contribution in [2.24, 2.45) is 0 Å². The number of aryl methyl sites for hydroxylation is 1. The molecule has 12 rings (SSSR count). The van der Waals surface area contributed by atoms with Crippen molar-refractivity contribution in [3.63, 3.8) is 0 Å². The first-order valence-corrected chi connectivity index (χ1v) is 25.1. The molecule has 366 valence electrons.